The number of aryl methyl sites for hydroxylation is 1. The van der Waals surface area contributed by atoms with Gasteiger partial charge >= 0.3 is 0 Å². The fourth-order valence-corrected chi connectivity index (χ4v) is 5.24. The van der Waals surface area contributed by atoms with Gasteiger partial charge in [0, 0.05) is 11.4 Å². The lowest BCUT2D eigenvalue weighted by Gasteiger charge is -2.34. The summed E-state index contributed by atoms with van der Waals surface area (Å²) in [7, 11) is 0. The van der Waals surface area contributed by atoms with Crippen LogP contribution in [0.25, 0.3) is 0 Å². The third-order valence-corrected chi connectivity index (χ3v) is 6.51. The minimum Gasteiger partial charge on any atom is -0.368 e. The Bertz CT molecular complexity index is 959. The number of nitrogens with one attached hydrogen (secondary N) is 1. The number of hydrogen-bond acceptors (Lipinski definition) is 5. The number of hydrogen-bond donors (Lipinski definition) is 2. The van der Waals surface area contributed by atoms with Crippen LogP contribution >= 0.6 is 11.3 Å². The van der Waals surface area contributed by atoms with Crippen molar-refractivity contribution in [2.24, 2.45) is 5.73 Å². The first kappa shape index (κ1) is 17.7. The highest BCUT2D eigenvalue weighted by Crippen LogP contribution is 2.38. The van der Waals surface area contributed by atoms with E-state index in [4.69, 9.17) is 5.73 Å². The second kappa shape index (κ2) is 7.14. The summed E-state index contributed by atoms with van der Waals surface area (Å²) in [4.78, 5) is 27.6. The molecule has 1 aromatic heterocycles. The molecule has 2 amide bonds. The number of thiophene rings is 1. The maximum atomic E-state index is 12.6. The molecule has 1 aromatic carbocycles. The summed E-state index contributed by atoms with van der Waals surface area (Å²) in [6, 6.07) is 9.63. The number of primary amides is 1. The van der Waals surface area contributed by atoms with Crippen LogP contribution in [0.1, 0.15) is 33.6 Å². The van der Waals surface area contributed by atoms with E-state index in [2.05, 4.69) is 11.4 Å². The van der Waals surface area contributed by atoms with Gasteiger partial charge in [0.25, 0.3) is 0 Å². The molecular weight excluding hydrogens is 360 g/mol. The molecule has 0 fully saturated rings. The molecule has 1 unspecified atom stereocenters. The van der Waals surface area contributed by atoms with E-state index < -0.39 is 11.9 Å². The van der Waals surface area contributed by atoms with Crippen LogP contribution in [0, 0.1) is 11.3 Å². The number of amides is 2. The number of fused-ring (bicyclic) bond motifs is 2. The highest BCUT2D eigenvalue weighted by molar-refractivity contribution is 7.16. The van der Waals surface area contributed by atoms with Crippen molar-refractivity contribution >= 4 is 28.2 Å². The van der Waals surface area contributed by atoms with Crippen molar-refractivity contribution in [2.75, 3.05) is 11.9 Å². The fourth-order valence-electron chi connectivity index (χ4n) is 3.99. The predicted molar refractivity (Wildman–Crippen MR) is 103 cm³/mol. The lowest BCUT2D eigenvalue weighted by atomic mass is 9.93. The summed E-state index contributed by atoms with van der Waals surface area (Å²) in [5.74, 6) is -0.651. The smallest absolute Gasteiger partial charge is 0.239 e. The van der Waals surface area contributed by atoms with Gasteiger partial charge in [-0.25, -0.2) is 0 Å². The third-order valence-electron chi connectivity index (χ3n) is 5.31. The molecule has 4 rings (SSSR count). The van der Waals surface area contributed by atoms with Crippen LogP contribution in [0.4, 0.5) is 5.00 Å². The zero-order chi connectivity index (χ0) is 19.0. The van der Waals surface area contributed by atoms with Gasteiger partial charge < -0.3 is 11.1 Å². The lowest BCUT2D eigenvalue weighted by Crippen LogP contribution is -2.50. The summed E-state index contributed by atoms with van der Waals surface area (Å²) in [5.41, 5.74) is 9.46. The van der Waals surface area contributed by atoms with Crippen molar-refractivity contribution in [1.82, 2.24) is 4.90 Å². The molecule has 1 atom stereocenters. The number of benzene rings is 1. The van der Waals surface area contributed by atoms with Crippen LogP contribution in [-0.4, -0.2) is 29.3 Å². The van der Waals surface area contributed by atoms with Crippen molar-refractivity contribution < 1.29 is 9.59 Å². The van der Waals surface area contributed by atoms with Crippen LogP contribution in [0.5, 0.6) is 0 Å². The molecule has 2 aliphatic rings. The molecule has 0 saturated carbocycles. The van der Waals surface area contributed by atoms with E-state index in [1.54, 1.807) is 0 Å². The normalized spacial score (nSPS) is 18.4. The maximum Gasteiger partial charge on any atom is 0.239 e. The Balaban J connectivity index is 1.51. The Hall–Kier alpha value is -2.69. The van der Waals surface area contributed by atoms with Gasteiger partial charge in [0.15, 0.2) is 0 Å². The van der Waals surface area contributed by atoms with E-state index in [-0.39, 0.29) is 12.5 Å². The summed E-state index contributed by atoms with van der Waals surface area (Å²) in [5, 5.41) is 13.0. The van der Waals surface area contributed by atoms with Gasteiger partial charge in [0.05, 0.1) is 18.2 Å². The Morgan fingerprint density at radius 2 is 2.07 bits per heavy atom. The van der Waals surface area contributed by atoms with Crippen LogP contribution in [-0.2, 0) is 35.4 Å². The highest BCUT2D eigenvalue weighted by Gasteiger charge is 2.31. The van der Waals surface area contributed by atoms with Crippen molar-refractivity contribution in [1.29, 1.82) is 5.26 Å². The molecule has 6 nitrogen and oxygen atoms in total. The molecule has 2 aromatic rings. The summed E-state index contributed by atoms with van der Waals surface area (Å²) in [6.07, 6.45) is 3.45. The summed E-state index contributed by atoms with van der Waals surface area (Å²) in [6.45, 7) is 0.568. The Labute approximate surface area is 161 Å². The molecule has 0 saturated heterocycles. The largest absolute Gasteiger partial charge is 0.368 e. The molecule has 27 heavy (non-hydrogen) atoms. The number of carbonyl (C=O) groups excluding carboxylic acids is 2. The van der Waals surface area contributed by atoms with Crippen LogP contribution in [0.2, 0.25) is 0 Å². The van der Waals surface area contributed by atoms with E-state index in [0.29, 0.717) is 23.5 Å². The van der Waals surface area contributed by atoms with E-state index >= 15 is 0 Å². The Morgan fingerprint density at radius 1 is 1.30 bits per heavy atom. The monoisotopic (exact) mass is 380 g/mol. The van der Waals surface area contributed by atoms with E-state index in [1.165, 1.54) is 16.2 Å². The molecule has 0 bridgehead atoms. The predicted octanol–water partition coefficient (Wildman–Crippen LogP) is 1.96. The second-order valence-corrected chi connectivity index (χ2v) is 8.12. The minimum atomic E-state index is -0.505. The molecule has 7 heteroatoms. The van der Waals surface area contributed by atoms with Gasteiger partial charge in [-0.2, -0.15) is 5.26 Å². The van der Waals surface area contributed by atoms with Crippen molar-refractivity contribution in [2.45, 2.75) is 38.3 Å². The molecule has 0 spiro atoms. The first-order chi connectivity index (χ1) is 13.1. The van der Waals surface area contributed by atoms with Gasteiger partial charge in [-0.3, -0.25) is 14.5 Å². The zero-order valence-corrected chi connectivity index (χ0v) is 15.6. The van der Waals surface area contributed by atoms with Gasteiger partial charge in [-0.05, 0) is 42.4 Å². The number of nitriles is 1. The first-order valence-corrected chi connectivity index (χ1v) is 9.83. The number of nitrogens with zero attached hydrogens (tertiary/aromatic N) is 2. The molecule has 1 aliphatic heterocycles. The number of rotatable bonds is 4. The summed E-state index contributed by atoms with van der Waals surface area (Å²) >= 11 is 1.49. The van der Waals surface area contributed by atoms with Gasteiger partial charge in [-0.1, -0.05) is 24.3 Å². The van der Waals surface area contributed by atoms with Crippen LogP contribution in [0.3, 0.4) is 0 Å². The molecule has 1 aliphatic carbocycles. The SMILES string of the molecule is N#Cc1c(NC(=O)CN2Cc3ccccc3CC2C(N)=O)sc2c1CCC2. The van der Waals surface area contributed by atoms with Gasteiger partial charge in [0.1, 0.15) is 11.1 Å². The molecule has 2 heterocycles. The standard InChI is InChI=1S/C20H20N4O2S/c21-9-15-14-6-3-7-17(14)27-20(15)23-18(25)11-24-10-13-5-2-1-4-12(13)8-16(24)19(22)26/h1-2,4-5,16H,3,6-8,10-11H2,(H2,22,26)(H,23,25). The van der Waals surface area contributed by atoms with Crippen LogP contribution in [0.15, 0.2) is 24.3 Å². The number of carbonyl (C=O) groups is 2. The van der Waals surface area contributed by atoms with Crippen molar-refractivity contribution in [3.05, 3.63) is 51.4 Å². The Kier molecular flexibility index (Phi) is 4.68. The highest BCUT2D eigenvalue weighted by atomic mass is 32.1. The van der Waals surface area contributed by atoms with Crippen molar-refractivity contribution in [3.63, 3.8) is 0 Å². The minimum absolute atomic E-state index is 0.0649. The maximum absolute atomic E-state index is 12.6. The van der Waals surface area contributed by atoms with Crippen LogP contribution < -0.4 is 11.1 Å². The second-order valence-electron chi connectivity index (χ2n) is 7.02. The fraction of sp³-hybridized carbons (Fsp3) is 0.350. The number of anilines is 1. The average molecular weight is 380 g/mol. The average Bonchev–Trinajstić information content (AvgIpc) is 3.21. The van der Waals surface area contributed by atoms with Crippen molar-refractivity contribution in [3.8, 4) is 6.07 Å². The Morgan fingerprint density at radius 3 is 2.81 bits per heavy atom. The molecule has 0 radical (unpaired) electrons. The van der Waals surface area contributed by atoms with E-state index in [1.807, 2.05) is 29.2 Å². The molecular formula is C20H20N4O2S. The molecule has 3 N–H and O–H groups in total. The zero-order valence-electron chi connectivity index (χ0n) is 14.8. The number of nitrogens with two attached hydrogens (primary N) is 1. The van der Waals surface area contributed by atoms with Gasteiger partial charge in [0.2, 0.25) is 11.8 Å². The lowest BCUT2D eigenvalue weighted by molar-refractivity contribution is -0.125. The van der Waals surface area contributed by atoms with Gasteiger partial charge in [-0.15, -0.1) is 11.3 Å². The third kappa shape index (κ3) is 3.34. The quantitative estimate of drug-likeness (QED) is 0.847. The van der Waals surface area contributed by atoms with E-state index in [9.17, 15) is 14.9 Å². The topological polar surface area (TPSA) is 99.2 Å². The summed E-state index contributed by atoms with van der Waals surface area (Å²) < 4.78 is 0. The first-order valence-electron chi connectivity index (χ1n) is 9.01. The molecule has 138 valence electrons. The van der Waals surface area contributed by atoms with E-state index in [0.717, 1.165) is 36.0 Å².